The van der Waals surface area contributed by atoms with E-state index in [-0.39, 0.29) is 0 Å². The van der Waals surface area contributed by atoms with Gasteiger partial charge < -0.3 is 45.9 Å². The van der Waals surface area contributed by atoms with Crippen molar-refractivity contribution in [1.82, 2.24) is 10.6 Å². The molecule has 0 fully saturated rings. The molecule has 31 heavy (non-hydrogen) atoms. The van der Waals surface area contributed by atoms with Gasteiger partial charge in [-0.3, -0.25) is 4.79 Å². The van der Waals surface area contributed by atoms with Crippen molar-refractivity contribution in [2.45, 2.75) is 37.3 Å². The van der Waals surface area contributed by atoms with Gasteiger partial charge in [-0.2, -0.15) is 0 Å². The normalized spacial score (nSPS) is 22.2. The maximum absolute atomic E-state index is 12.5. The van der Waals surface area contributed by atoms with Crippen molar-refractivity contribution in [2.75, 3.05) is 19.0 Å². The second-order valence-electron chi connectivity index (χ2n) is 6.74. The molecule has 0 unspecified atom stereocenters. The van der Waals surface area contributed by atoms with Crippen LogP contribution in [0.5, 0.6) is 5.75 Å². The topological polar surface area (TPSA) is 187 Å². The average molecular weight is 439 g/mol. The van der Waals surface area contributed by atoms with Crippen molar-refractivity contribution in [3.05, 3.63) is 36.1 Å². The predicted molar refractivity (Wildman–Crippen MR) is 106 cm³/mol. The summed E-state index contributed by atoms with van der Waals surface area (Å²) in [6.45, 7) is 0.340. The zero-order chi connectivity index (χ0) is 23.1. The lowest BCUT2D eigenvalue weighted by Gasteiger charge is -2.40. The minimum Gasteiger partial charge on any atom is -0.497 e. The van der Waals surface area contributed by atoms with Gasteiger partial charge in [0, 0.05) is 12.6 Å². The number of ether oxygens (including phenoxy) is 2. The first-order valence-electron chi connectivity index (χ1n) is 9.23. The number of aliphatic carboxylic acids is 1. The number of benzene rings is 1. The van der Waals surface area contributed by atoms with Gasteiger partial charge in [-0.25, -0.2) is 9.59 Å². The fraction of sp³-hybridized carbons (Fsp3) is 0.421. The van der Waals surface area contributed by atoms with E-state index in [2.05, 4.69) is 16.0 Å². The molecule has 1 aromatic carbocycles. The first-order chi connectivity index (χ1) is 14.7. The second-order valence-corrected chi connectivity index (χ2v) is 6.74. The lowest BCUT2D eigenvalue weighted by Crippen LogP contribution is -2.63. The standard InChI is InChI=1S/C19H25N3O9/c1-9(24)20-15-12(22-19(29)21-10-3-5-11(30-2)6-4-10)7-14(18(27)28)31-17(15)16(26)13(25)8-23/h3-7,12-13,15-17,23,25-26H,8H2,1-2H3,(H,20,24)(H,27,28)(H2,21,22,29)/t12-,13+,15+,16+,17+/m0/s1. The third kappa shape index (κ3) is 6.31. The lowest BCUT2D eigenvalue weighted by molar-refractivity contribution is -0.146. The highest BCUT2D eigenvalue weighted by Crippen LogP contribution is 2.23. The fourth-order valence-corrected chi connectivity index (χ4v) is 2.99. The van der Waals surface area contributed by atoms with Crippen molar-refractivity contribution in [3.63, 3.8) is 0 Å². The summed E-state index contributed by atoms with van der Waals surface area (Å²) in [7, 11) is 1.49. The number of methoxy groups -OCH3 is 1. The van der Waals surface area contributed by atoms with E-state index in [0.717, 1.165) is 6.08 Å². The lowest BCUT2D eigenvalue weighted by atomic mass is 9.92. The molecule has 0 aromatic heterocycles. The fourth-order valence-electron chi connectivity index (χ4n) is 2.99. The van der Waals surface area contributed by atoms with Gasteiger partial charge in [-0.1, -0.05) is 0 Å². The van der Waals surface area contributed by atoms with Crippen LogP contribution in [0.25, 0.3) is 0 Å². The monoisotopic (exact) mass is 439 g/mol. The minimum atomic E-state index is -1.76. The summed E-state index contributed by atoms with van der Waals surface area (Å²) in [4.78, 5) is 35.6. The number of rotatable bonds is 8. The van der Waals surface area contributed by atoms with E-state index in [1.54, 1.807) is 24.3 Å². The molecule has 0 saturated heterocycles. The molecule has 0 aliphatic carbocycles. The summed E-state index contributed by atoms with van der Waals surface area (Å²) in [5, 5.41) is 46.1. The Kier molecular flexibility index (Phi) is 8.19. The first-order valence-corrected chi connectivity index (χ1v) is 9.23. The summed E-state index contributed by atoms with van der Waals surface area (Å²) in [5.41, 5.74) is 0.413. The van der Waals surface area contributed by atoms with Gasteiger partial charge in [-0.15, -0.1) is 0 Å². The number of carboxylic acids is 1. The molecule has 1 aromatic rings. The largest absolute Gasteiger partial charge is 0.497 e. The van der Waals surface area contributed by atoms with Crippen LogP contribution in [0.2, 0.25) is 0 Å². The number of hydrogen-bond acceptors (Lipinski definition) is 8. The number of aliphatic hydroxyl groups is 3. The van der Waals surface area contributed by atoms with Crippen LogP contribution in [0.4, 0.5) is 10.5 Å². The number of carbonyl (C=O) groups is 3. The molecule has 0 bridgehead atoms. The van der Waals surface area contributed by atoms with Gasteiger partial charge in [0.2, 0.25) is 11.7 Å². The Bertz CT molecular complexity index is 827. The predicted octanol–water partition coefficient (Wildman–Crippen LogP) is -1.23. The van der Waals surface area contributed by atoms with Crippen LogP contribution >= 0.6 is 0 Å². The summed E-state index contributed by atoms with van der Waals surface area (Å²) in [6, 6.07) is 3.38. The van der Waals surface area contributed by atoms with Crippen molar-refractivity contribution in [2.24, 2.45) is 0 Å². The zero-order valence-electron chi connectivity index (χ0n) is 16.8. The van der Waals surface area contributed by atoms with Crippen LogP contribution < -0.4 is 20.7 Å². The van der Waals surface area contributed by atoms with Gasteiger partial charge in [0.15, 0.2) is 0 Å². The highest BCUT2D eigenvalue weighted by molar-refractivity contribution is 5.90. The molecule has 0 saturated carbocycles. The molecule has 0 radical (unpaired) electrons. The number of urea groups is 1. The summed E-state index contributed by atoms with van der Waals surface area (Å²) in [6.07, 6.45) is -3.86. The van der Waals surface area contributed by atoms with Gasteiger partial charge in [0.05, 0.1) is 25.8 Å². The minimum absolute atomic E-state index is 0.413. The van der Waals surface area contributed by atoms with Crippen molar-refractivity contribution < 1.29 is 44.3 Å². The van der Waals surface area contributed by atoms with Crippen LogP contribution in [-0.4, -0.2) is 82.4 Å². The summed E-state index contributed by atoms with van der Waals surface area (Å²) in [5.74, 6) is -2.07. The average Bonchev–Trinajstić information content (AvgIpc) is 2.73. The number of aliphatic hydroxyl groups excluding tert-OH is 3. The number of hydrogen-bond donors (Lipinski definition) is 7. The highest BCUT2D eigenvalue weighted by atomic mass is 16.5. The van der Waals surface area contributed by atoms with Crippen LogP contribution in [0.3, 0.4) is 0 Å². The Labute approximate surface area is 177 Å². The van der Waals surface area contributed by atoms with Gasteiger partial charge in [-0.05, 0) is 30.3 Å². The summed E-state index contributed by atoms with van der Waals surface area (Å²) < 4.78 is 10.3. The number of amides is 3. The molecule has 1 aliphatic heterocycles. The first kappa shape index (κ1) is 23.9. The van der Waals surface area contributed by atoms with E-state index in [4.69, 9.17) is 14.6 Å². The highest BCUT2D eigenvalue weighted by Gasteiger charge is 2.44. The molecule has 12 heteroatoms. The molecule has 2 rings (SSSR count). The molecular formula is C19H25N3O9. The molecule has 0 spiro atoms. The van der Waals surface area contributed by atoms with E-state index in [0.29, 0.717) is 11.4 Å². The van der Waals surface area contributed by atoms with E-state index in [9.17, 15) is 29.7 Å². The molecule has 12 nitrogen and oxygen atoms in total. The zero-order valence-corrected chi connectivity index (χ0v) is 16.8. The van der Waals surface area contributed by atoms with E-state index >= 15 is 0 Å². The molecule has 1 heterocycles. The maximum atomic E-state index is 12.5. The third-order valence-electron chi connectivity index (χ3n) is 4.48. The Morgan fingerprint density at radius 1 is 1.16 bits per heavy atom. The van der Waals surface area contributed by atoms with Crippen LogP contribution in [0.1, 0.15) is 6.92 Å². The van der Waals surface area contributed by atoms with Crippen molar-refractivity contribution in [1.29, 1.82) is 0 Å². The van der Waals surface area contributed by atoms with Crippen LogP contribution in [-0.2, 0) is 14.3 Å². The Morgan fingerprint density at radius 3 is 2.32 bits per heavy atom. The quantitative estimate of drug-likeness (QED) is 0.260. The molecule has 3 amide bonds. The van der Waals surface area contributed by atoms with Crippen molar-refractivity contribution in [3.8, 4) is 5.75 Å². The molecule has 5 atom stereocenters. The number of nitrogens with one attached hydrogen (secondary N) is 3. The van der Waals surface area contributed by atoms with Crippen molar-refractivity contribution >= 4 is 23.6 Å². The Balaban J connectivity index is 2.27. The van der Waals surface area contributed by atoms with Gasteiger partial charge in [0.25, 0.3) is 0 Å². The smallest absolute Gasteiger partial charge is 0.370 e. The van der Waals surface area contributed by atoms with E-state index < -0.39 is 60.7 Å². The third-order valence-corrected chi connectivity index (χ3v) is 4.48. The van der Waals surface area contributed by atoms with E-state index in [1.807, 2.05) is 0 Å². The van der Waals surface area contributed by atoms with Crippen LogP contribution in [0, 0.1) is 0 Å². The van der Waals surface area contributed by atoms with E-state index in [1.165, 1.54) is 14.0 Å². The molecular weight excluding hydrogens is 414 g/mol. The number of carboxylic acid groups (broad SMARTS) is 1. The van der Waals surface area contributed by atoms with Crippen LogP contribution in [0.15, 0.2) is 36.1 Å². The van der Waals surface area contributed by atoms with Gasteiger partial charge >= 0.3 is 12.0 Å². The summed E-state index contributed by atoms with van der Waals surface area (Å²) >= 11 is 0. The molecule has 170 valence electrons. The maximum Gasteiger partial charge on any atom is 0.370 e. The SMILES string of the molecule is COc1ccc(NC(=O)N[C@H]2C=C(C(=O)O)O[C@@H]([C@H](O)[C@H](O)CO)[C@@H]2NC(C)=O)cc1. The Hall–Kier alpha value is -3.35. The molecule has 7 N–H and O–H groups in total. The Morgan fingerprint density at radius 2 is 1.81 bits per heavy atom. The number of anilines is 1. The second kappa shape index (κ2) is 10.6. The molecule has 1 aliphatic rings. The number of carbonyl (C=O) groups excluding carboxylic acids is 2. The van der Waals surface area contributed by atoms with Gasteiger partial charge in [0.1, 0.15) is 24.1 Å².